The quantitative estimate of drug-likeness (QED) is 0.350. The second kappa shape index (κ2) is 7.28. The summed E-state index contributed by atoms with van der Waals surface area (Å²) >= 11 is 0. The molecule has 5 rings (SSSR count). The number of ether oxygens (including phenoxy) is 1. The van der Waals surface area contributed by atoms with Crippen LogP contribution in [0.3, 0.4) is 0 Å². The van der Waals surface area contributed by atoms with E-state index >= 15 is 0 Å². The Kier molecular flexibility index (Phi) is 4.34. The Labute approximate surface area is 167 Å². The molecule has 3 nitrogen and oxygen atoms in total. The standard InChI is InChI=1S/C26H18O3/c27-26-16-24(19-7-2-1-3-8-19)23-14-13-21(15-25(23)29-26)28-17-20-11-6-10-18-9-4-5-12-22(18)20/h1-16H,17H2. The number of hydrogen-bond donors (Lipinski definition) is 0. The fourth-order valence-corrected chi connectivity index (χ4v) is 3.67. The minimum absolute atomic E-state index is 0.373. The van der Waals surface area contributed by atoms with Crippen molar-refractivity contribution in [1.29, 1.82) is 0 Å². The van der Waals surface area contributed by atoms with Crippen molar-refractivity contribution in [2.24, 2.45) is 0 Å². The SMILES string of the molecule is O=c1cc(-c2ccccc2)c2ccc(OCc3cccc4ccccc34)cc2o1. The van der Waals surface area contributed by atoms with Gasteiger partial charge in [-0.1, -0.05) is 72.8 Å². The van der Waals surface area contributed by atoms with Crippen molar-refractivity contribution < 1.29 is 9.15 Å². The van der Waals surface area contributed by atoms with Gasteiger partial charge in [0.2, 0.25) is 0 Å². The van der Waals surface area contributed by atoms with Crippen molar-refractivity contribution in [2.75, 3.05) is 0 Å². The summed E-state index contributed by atoms with van der Waals surface area (Å²) < 4.78 is 11.5. The average molecular weight is 378 g/mol. The molecule has 0 bridgehead atoms. The molecule has 0 unspecified atom stereocenters. The van der Waals surface area contributed by atoms with Crippen LogP contribution in [0.1, 0.15) is 5.56 Å². The van der Waals surface area contributed by atoms with E-state index in [4.69, 9.17) is 9.15 Å². The summed E-state index contributed by atoms with van der Waals surface area (Å²) in [6.07, 6.45) is 0. The van der Waals surface area contributed by atoms with Crippen molar-refractivity contribution in [3.63, 3.8) is 0 Å². The van der Waals surface area contributed by atoms with Crippen LogP contribution in [0.2, 0.25) is 0 Å². The first-order valence-corrected chi connectivity index (χ1v) is 9.51. The lowest BCUT2D eigenvalue weighted by atomic mass is 10.0. The van der Waals surface area contributed by atoms with Gasteiger partial charge in [-0.3, -0.25) is 0 Å². The van der Waals surface area contributed by atoms with Gasteiger partial charge in [-0.05, 0) is 39.6 Å². The molecule has 0 fully saturated rings. The number of rotatable bonds is 4. The van der Waals surface area contributed by atoms with Gasteiger partial charge in [-0.25, -0.2) is 4.79 Å². The molecule has 0 N–H and O–H groups in total. The Hall–Kier alpha value is -3.85. The van der Waals surface area contributed by atoms with Crippen LogP contribution >= 0.6 is 0 Å². The Morgan fingerprint density at radius 3 is 2.41 bits per heavy atom. The molecular formula is C26H18O3. The third-order valence-electron chi connectivity index (χ3n) is 5.08. The Balaban J connectivity index is 1.50. The number of benzene rings is 4. The van der Waals surface area contributed by atoms with Crippen LogP contribution in [0, 0.1) is 0 Å². The Bertz CT molecular complexity index is 1360. The van der Waals surface area contributed by atoms with E-state index in [1.165, 1.54) is 16.8 Å². The monoisotopic (exact) mass is 378 g/mol. The van der Waals surface area contributed by atoms with Gasteiger partial charge in [0.1, 0.15) is 17.9 Å². The van der Waals surface area contributed by atoms with Gasteiger partial charge in [-0.2, -0.15) is 0 Å². The number of fused-ring (bicyclic) bond motifs is 2. The molecule has 1 heterocycles. The van der Waals surface area contributed by atoms with E-state index in [-0.39, 0.29) is 5.63 Å². The van der Waals surface area contributed by atoms with Crippen LogP contribution in [-0.2, 0) is 6.61 Å². The molecule has 3 heteroatoms. The molecule has 0 saturated heterocycles. The maximum absolute atomic E-state index is 12.1. The Morgan fingerprint density at radius 2 is 1.52 bits per heavy atom. The van der Waals surface area contributed by atoms with E-state index in [0.717, 1.165) is 22.1 Å². The molecule has 0 spiro atoms. The molecule has 0 atom stereocenters. The van der Waals surface area contributed by atoms with Crippen molar-refractivity contribution >= 4 is 21.7 Å². The van der Waals surface area contributed by atoms with Crippen molar-refractivity contribution in [3.8, 4) is 16.9 Å². The fourth-order valence-electron chi connectivity index (χ4n) is 3.67. The molecule has 1 aromatic heterocycles. The highest BCUT2D eigenvalue weighted by Gasteiger charge is 2.09. The van der Waals surface area contributed by atoms with E-state index in [9.17, 15) is 4.79 Å². The summed E-state index contributed by atoms with van der Waals surface area (Å²) in [7, 11) is 0. The highest BCUT2D eigenvalue weighted by molar-refractivity contribution is 5.93. The van der Waals surface area contributed by atoms with Crippen LogP contribution in [0.25, 0.3) is 32.9 Å². The summed E-state index contributed by atoms with van der Waals surface area (Å²) in [5.41, 5.74) is 3.10. The highest BCUT2D eigenvalue weighted by Crippen LogP contribution is 2.30. The zero-order chi connectivity index (χ0) is 19.6. The first-order chi connectivity index (χ1) is 14.3. The second-order valence-corrected chi connectivity index (χ2v) is 6.93. The van der Waals surface area contributed by atoms with Gasteiger partial charge >= 0.3 is 5.63 Å². The van der Waals surface area contributed by atoms with Crippen molar-refractivity contribution in [1.82, 2.24) is 0 Å². The molecule has 5 aromatic rings. The predicted molar refractivity (Wildman–Crippen MR) is 116 cm³/mol. The topological polar surface area (TPSA) is 39.4 Å². The molecule has 29 heavy (non-hydrogen) atoms. The first kappa shape index (κ1) is 17.3. The molecule has 0 aliphatic heterocycles. The zero-order valence-electron chi connectivity index (χ0n) is 15.7. The molecular weight excluding hydrogens is 360 g/mol. The van der Waals surface area contributed by atoms with E-state index in [0.29, 0.717) is 17.9 Å². The van der Waals surface area contributed by atoms with Crippen LogP contribution < -0.4 is 10.4 Å². The van der Waals surface area contributed by atoms with Gasteiger partial charge in [0.25, 0.3) is 0 Å². The molecule has 0 aliphatic carbocycles. The highest BCUT2D eigenvalue weighted by atomic mass is 16.5. The van der Waals surface area contributed by atoms with Crippen LogP contribution in [0.15, 0.2) is 106 Å². The summed E-state index contributed by atoms with van der Waals surface area (Å²) in [6.45, 7) is 0.440. The molecule has 140 valence electrons. The van der Waals surface area contributed by atoms with Crippen molar-refractivity contribution in [3.05, 3.63) is 113 Å². The van der Waals surface area contributed by atoms with Crippen LogP contribution in [-0.4, -0.2) is 0 Å². The molecule has 0 saturated carbocycles. The molecule has 4 aromatic carbocycles. The lowest BCUT2D eigenvalue weighted by Gasteiger charge is -2.11. The normalized spacial score (nSPS) is 11.0. The van der Waals surface area contributed by atoms with E-state index < -0.39 is 0 Å². The zero-order valence-corrected chi connectivity index (χ0v) is 15.7. The summed E-state index contributed by atoms with van der Waals surface area (Å²) in [6, 6.07) is 31.5. The van der Waals surface area contributed by atoms with Crippen LogP contribution in [0.4, 0.5) is 0 Å². The second-order valence-electron chi connectivity index (χ2n) is 6.93. The first-order valence-electron chi connectivity index (χ1n) is 9.51. The van der Waals surface area contributed by atoms with Gasteiger partial charge in [0.15, 0.2) is 0 Å². The van der Waals surface area contributed by atoms with E-state index in [1.807, 2.05) is 60.7 Å². The maximum atomic E-state index is 12.1. The molecule has 0 aliphatic rings. The summed E-state index contributed by atoms with van der Waals surface area (Å²) in [5.74, 6) is 0.666. The minimum Gasteiger partial charge on any atom is -0.489 e. The van der Waals surface area contributed by atoms with Crippen molar-refractivity contribution in [2.45, 2.75) is 6.61 Å². The average Bonchev–Trinajstić information content (AvgIpc) is 2.77. The molecule has 0 amide bonds. The lowest BCUT2D eigenvalue weighted by molar-refractivity contribution is 0.307. The predicted octanol–water partition coefficient (Wildman–Crippen LogP) is 6.19. The van der Waals surface area contributed by atoms with E-state index in [1.54, 1.807) is 6.07 Å². The largest absolute Gasteiger partial charge is 0.489 e. The lowest BCUT2D eigenvalue weighted by Crippen LogP contribution is -1.99. The van der Waals surface area contributed by atoms with Gasteiger partial charge in [-0.15, -0.1) is 0 Å². The maximum Gasteiger partial charge on any atom is 0.336 e. The van der Waals surface area contributed by atoms with Gasteiger partial charge in [0.05, 0.1) is 0 Å². The summed E-state index contributed by atoms with van der Waals surface area (Å²) in [5, 5.41) is 3.24. The molecule has 0 radical (unpaired) electrons. The van der Waals surface area contributed by atoms with Gasteiger partial charge in [0, 0.05) is 17.5 Å². The minimum atomic E-state index is -0.373. The Morgan fingerprint density at radius 1 is 0.724 bits per heavy atom. The van der Waals surface area contributed by atoms with E-state index in [2.05, 4.69) is 24.3 Å². The van der Waals surface area contributed by atoms with Crippen LogP contribution in [0.5, 0.6) is 5.75 Å². The third-order valence-corrected chi connectivity index (χ3v) is 5.08. The van der Waals surface area contributed by atoms with Gasteiger partial charge < -0.3 is 9.15 Å². The summed E-state index contributed by atoms with van der Waals surface area (Å²) in [4.78, 5) is 12.1. The number of hydrogen-bond acceptors (Lipinski definition) is 3. The third kappa shape index (κ3) is 3.39. The fraction of sp³-hybridized carbons (Fsp3) is 0.0385. The smallest absolute Gasteiger partial charge is 0.336 e.